The van der Waals surface area contributed by atoms with Crippen LogP contribution in [0.15, 0.2) is 18.2 Å². The van der Waals surface area contributed by atoms with E-state index in [9.17, 15) is 19.1 Å². The van der Waals surface area contributed by atoms with Crippen LogP contribution in [0.2, 0.25) is 5.02 Å². The summed E-state index contributed by atoms with van der Waals surface area (Å²) in [7, 11) is 0. The Morgan fingerprint density at radius 3 is 2.67 bits per heavy atom. The highest BCUT2D eigenvalue weighted by molar-refractivity contribution is 6.30. The fraction of sp³-hybridized carbons (Fsp3) is 0.0833. The second-order valence-electron chi connectivity index (χ2n) is 4.16. The van der Waals surface area contributed by atoms with E-state index in [4.69, 9.17) is 23.1 Å². The Labute approximate surface area is 122 Å². The predicted octanol–water partition coefficient (Wildman–Crippen LogP) is 0.973. The van der Waals surface area contributed by atoms with E-state index in [1.165, 1.54) is 12.1 Å². The number of carboxylic acids is 1. The van der Waals surface area contributed by atoms with Gasteiger partial charge in [-0.15, -0.1) is 0 Å². The molecule has 0 aliphatic carbocycles. The van der Waals surface area contributed by atoms with Crippen molar-refractivity contribution in [1.29, 1.82) is 0 Å². The Morgan fingerprint density at radius 2 is 2.10 bits per heavy atom. The molecule has 0 aliphatic heterocycles. The summed E-state index contributed by atoms with van der Waals surface area (Å²) in [5, 5.41) is 13.2. The van der Waals surface area contributed by atoms with Crippen LogP contribution in [-0.4, -0.2) is 26.8 Å². The second-order valence-corrected chi connectivity index (χ2v) is 4.60. The number of hydrogen-bond donors (Lipinski definition) is 3. The van der Waals surface area contributed by atoms with Gasteiger partial charge in [-0.1, -0.05) is 11.6 Å². The lowest BCUT2D eigenvalue weighted by Crippen LogP contribution is -2.15. The zero-order valence-electron chi connectivity index (χ0n) is 10.5. The first-order valence-electron chi connectivity index (χ1n) is 5.65. The van der Waals surface area contributed by atoms with Gasteiger partial charge >= 0.3 is 5.97 Å². The Kier molecular flexibility index (Phi) is 3.81. The number of carboxylic acid groups (broad SMARTS) is 1. The average Bonchev–Trinajstić information content (AvgIpc) is 2.69. The summed E-state index contributed by atoms with van der Waals surface area (Å²) in [5.74, 6) is -2.90. The topological polar surface area (TPSA) is 124 Å². The molecule has 1 aromatic carbocycles. The van der Waals surface area contributed by atoms with Crippen molar-refractivity contribution < 1.29 is 19.1 Å². The summed E-state index contributed by atoms with van der Waals surface area (Å²) in [5.41, 5.74) is 9.74. The molecule has 1 amide bonds. The number of halogens is 2. The lowest BCUT2D eigenvalue weighted by Gasteiger charge is -2.06. The van der Waals surface area contributed by atoms with Crippen LogP contribution in [0.1, 0.15) is 16.2 Å². The van der Waals surface area contributed by atoms with Gasteiger partial charge in [-0.3, -0.25) is 4.79 Å². The van der Waals surface area contributed by atoms with Gasteiger partial charge in [0.2, 0.25) is 5.91 Å². The van der Waals surface area contributed by atoms with Crippen molar-refractivity contribution in [3.63, 3.8) is 0 Å². The number of aromatic nitrogens is 2. The molecule has 2 rings (SSSR count). The quantitative estimate of drug-likeness (QED) is 0.776. The van der Waals surface area contributed by atoms with Crippen molar-refractivity contribution >= 4 is 29.2 Å². The number of carbonyl (C=O) groups excluding carboxylic acids is 1. The third-order valence-electron chi connectivity index (χ3n) is 2.68. The molecule has 0 unspecified atom stereocenters. The molecule has 0 atom stereocenters. The number of amides is 1. The van der Waals surface area contributed by atoms with Crippen LogP contribution < -0.4 is 11.5 Å². The van der Waals surface area contributed by atoms with Crippen LogP contribution in [0.4, 0.5) is 10.1 Å². The maximum Gasteiger partial charge on any atom is 0.356 e. The third-order valence-corrected chi connectivity index (χ3v) is 2.91. The molecule has 21 heavy (non-hydrogen) atoms. The molecule has 0 bridgehead atoms. The molecule has 110 valence electrons. The van der Waals surface area contributed by atoms with E-state index in [0.717, 1.165) is 10.7 Å². The van der Waals surface area contributed by atoms with Crippen LogP contribution in [0.25, 0.3) is 5.69 Å². The van der Waals surface area contributed by atoms with Crippen LogP contribution >= 0.6 is 11.6 Å². The number of benzene rings is 1. The normalized spacial score (nSPS) is 10.6. The van der Waals surface area contributed by atoms with E-state index in [0.29, 0.717) is 0 Å². The van der Waals surface area contributed by atoms with Crippen molar-refractivity contribution in [3.05, 3.63) is 40.4 Å². The SMILES string of the molecule is NC(=O)Cc1nn(-c2cc(Cl)ccc2F)c(C(=O)O)c1N. The molecular weight excluding hydrogens is 303 g/mol. The molecule has 1 aromatic heterocycles. The van der Waals surface area contributed by atoms with Crippen LogP contribution in [0.3, 0.4) is 0 Å². The molecule has 0 spiro atoms. The van der Waals surface area contributed by atoms with Gasteiger partial charge in [-0.25, -0.2) is 13.9 Å². The van der Waals surface area contributed by atoms with Crippen molar-refractivity contribution in [2.75, 3.05) is 5.73 Å². The van der Waals surface area contributed by atoms with Gasteiger partial charge in [-0.2, -0.15) is 5.10 Å². The molecule has 0 aliphatic rings. The van der Waals surface area contributed by atoms with Gasteiger partial charge in [-0.05, 0) is 18.2 Å². The highest BCUT2D eigenvalue weighted by atomic mass is 35.5. The first-order valence-corrected chi connectivity index (χ1v) is 6.03. The van der Waals surface area contributed by atoms with E-state index in [-0.39, 0.29) is 28.5 Å². The molecule has 1 heterocycles. The summed E-state index contributed by atoms with van der Waals surface area (Å²) < 4.78 is 14.6. The number of rotatable bonds is 4. The molecule has 0 fully saturated rings. The summed E-state index contributed by atoms with van der Waals surface area (Å²) in [6, 6.07) is 3.57. The summed E-state index contributed by atoms with van der Waals surface area (Å²) in [4.78, 5) is 22.2. The standard InChI is InChI=1S/C12H10ClFN4O3/c13-5-1-2-6(14)8(3-5)18-11(12(20)21)10(16)7(17-18)4-9(15)19/h1-3H,4,16H2,(H2,15,19)(H,20,21). The van der Waals surface area contributed by atoms with Crippen molar-refractivity contribution in [2.24, 2.45) is 5.73 Å². The number of anilines is 1. The van der Waals surface area contributed by atoms with E-state index in [1.54, 1.807) is 0 Å². The lowest BCUT2D eigenvalue weighted by molar-refractivity contribution is -0.117. The predicted molar refractivity (Wildman–Crippen MR) is 72.8 cm³/mol. The Morgan fingerprint density at radius 1 is 1.43 bits per heavy atom. The Hall–Kier alpha value is -2.61. The fourth-order valence-corrected chi connectivity index (χ4v) is 1.97. The largest absolute Gasteiger partial charge is 0.476 e. The average molecular weight is 313 g/mol. The smallest absolute Gasteiger partial charge is 0.356 e. The van der Waals surface area contributed by atoms with E-state index in [1.807, 2.05) is 0 Å². The van der Waals surface area contributed by atoms with E-state index < -0.39 is 23.4 Å². The Bertz CT molecular complexity index is 744. The Balaban J connectivity index is 2.70. The molecule has 0 saturated heterocycles. The van der Waals surface area contributed by atoms with Crippen LogP contribution in [-0.2, 0) is 11.2 Å². The van der Waals surface area contributed by atoms with Crippen molar-refractivity contribution in [1.82, 2.24) is 9.78 Å². The number of nitrogens with two attached hydrogens (primary N) is 2. The maximum atomic E-state index is 13.9. The second kappa shape index (κ2) is 5.41. The van der Waals surface area contributed by atoms with Gasteiger partial charge in [0.1, 0.15) is 11.5 Å². The van der Waals surface area contributed by atoms with Gasteiger partial charge in [0.05, 0.1) is 17.8 Å². The zero-order valence-corrected chi connectivity index (χ0v) is 11.3. The van der Waals surface area contributed by atoms with E-state index in [2.05, 4.69) is 5.10 Å². The minimum absolute atomic E-state index is 0.0423. The molecule has 5 N–H and O–H groups in total. The molecule has 9 heteroatoms. The first kappa shape index (κ1) is 14.8. The summed E-state index contributed by atoms with van der Waals surface area (Å²) in [6.45, 7) is 0. The molecule has 0 radical (unpaired) electrons. The van der Waals surface area contributed by atoms with Gasteiger partial charge in [0.15, 0.2) is 5.69 Å². The highest BCUT2D eigenvalue weighted by Crippen LogP contribution is 2.25. The summed E-state index contributed by atoms with van der Waals surface area (Å²) >= 11 is 5.77. The maximum absolute atomic E-state index is 13.9. The number of nitrogen functional groups attached to an aromatic ring is 1. The van der Waals surface area contributed by atoms with Gasteiger partial charge < -0.3 is 16.6 Å². The van der Waals surface area contributed by atoms with Crippen molar-refractivity contribution in [3.8, 4) is 5.69 Å². The fourth-order valence-electron chi connectivity index (χ4n) is 1.80. The number of nitrogens with zero attached hydrogens (tertiary/aromatic N) is 2. The van der Waals surface area contributed by atoms with Crippen LogP contribution in [0.5, 0.6) is 0 Å². The number of primary amides is 1. The van der Waals surface area contributed by atoms with Crippen molar-refractivity contribution in [2.45, 2.75) is 6.42 Å². The number of aromatic carboxylic acids is 1. The van der Waals surface area contributed by atoms with Gasteiger partial charge in [0, 0.05) is 5.02 Å². The molecular formula is C12H10ClFN4O3. The first-order chi connectivity index (χ1) is 9.81. The third kappa shape index (κ3) is 2.79. The number of carbonyl (C=O) groups is 2. The lowest BCUT2D eigenvalue weighted by atomic mass is 10.2. The number of hydrogen-bond acceptors (Lipinski definition) is 4. The minimum Gasteiger partial charge on any atom is -0.476 e. The zero-order chi connectivity index (χ0) is 15.7. The minimum atomic E-state index is -1.42. The molecule has 2 aromatic rings. The van der Waals surface area contributed by atoms with Crippen LogP contribution in [0, 0.1) is 5.82 Å². The highest BCUT2D eigenvalue weighted by Gasteiger charge is 2.24. The summed E-state index contributed by atoms with van der Waals surface area (Å²) in [6.07, 6.45) is -0.360. The molecule has 0 saturated carbocycles. The molecule has 7 nitrogen and oxygen atoms in total. The van der Waals surface area contributed by atoms with E-state index >= 15 is 0 Å². The monoisotopic (exact) mass is 312 g/mol. The van der Waals surface area contributed by atoms with Gasteiger partial charge in [0.25, 0.3) is 0 Å².